The third kappa shape index (κ3) is 9.39. The van der Waals surface area contributed by atoms with Gasteiger partial charge in [-0.15, -0.1) is 24.0 Å². The number of guanidine groups is 1. The van der Waals surface area contributed by atoms with Crippen molar-refractivity contribution in [1.82, 2.24) is 15.5 Å². The molecule has 1 aromatic carbocycles. The molecule has 164 valence electrons. The molecule has 9 heteroatoms. The molecule has 1 aliphatic heterocycles. The van der Waals surface area contributed by atoms with Crippen LogP contribution < -0.4 is 15.4 Å². The summed E-state index contributed by atoms with van der Waals surface area (Å²) in [5.41, 5.74) is 1.02. The van der Waals surface area contributed by atoms with Crippen molar-refractivity contribution in [3.05, 3.63) is 28.8 Å². The maximum atomic E-state index is 11.9. The predicted molar refractivity (Wildman–Crippen MR) is 128 cm³/mol. The Bertz CT molecular complexity index is 667. The van der Waals surface area contributed by atoms with Crippen LogP contribution in [0.5, 0.6) is 5.75 Å². The molecule has 2 rings (SSSR count). The molecular weight excluding hydrogens is 507 g/mol. The first kappa shape index (κ1) is 25.8. The summed E-state index contributed by atoms with van der Waals surface area (Å²) < 4.78 is 10.9. The maximum Gasteiger partial charge on any atom is 0.243 e. The number of nitrogens with one attached hydrogen (secondary N) is 2. The van der Waals surface area contributed by atoms with Crippen molar-refractivity contribution in [3.63, 3.8) is 0 Å². The highest BCUT2D eigenvalue weighted by Crippen LogP contribution is 2.22. The monoisotopic (exact) mass is 538 g/mol. The first-order valence-corrected chi connectivity index (χ1v) is 10.0. The molecule has 0 radical (unpaired) electrons. The molecule has 0 saturated carbocycles. The predicted octanol–water partition coefficient (Wildman–Crippen LogP) is 2.70. The van der Waals surface area contributed by atoms with E-state index < -0.39 is 0 Å². The number of hydrogen-bond donors (Lipinski definition) is 2. The highest BCUT2D eigenvalue weighted by atomic mass is 127. The summed E-state index contributed by atoms with van der Waals surface area (Å²) in [6.45, 7) is 2.21. The summed E-state index contributed by atoms with van der Waals surface area (Å²) in [5, 5.41) is 7.25. The molecule has 1 amide bonds. The standard InChI is InChI=1S/C20H31ClN4O3.HI/c1-25(2)19(26)14-24-20(23-13-17-6-4-5-11-28-17)22-10-9-15-7-8-16(27-3)12-18(15)21;/h7-8,12,17H,4-6,9-11,13-14H2,1-3H3,(H2,22,23,24);1H. The van der Waals surface area contributed by atoms with Gasteiger partial charge in [-0.25, -0.2) is 4.99 Å². The third-order valence-corrected chi connectivity index (χ3v) is 4.94. The number of aliphatic imine (C=N–C) groups is 1. The van der Waals surface area contributed by atoms with Crippen LogP contribution in [0.4, 0.5) is 0 Å². The Morgan fingerprint density at radius 2 is 2.14 bits per heavy atom. The fraction of sp³-hybridized carbons (Fsp3) is 0.600. The zero-order chi connectivity index (χ0) is 20.4. The van der Waals surface area contributed by atoms with E-state index in [0.717, 1.165) is 37.2 Å². The van der Waals surface area contributed by atoms with Crippen LogP contribution in [-0.4, -0.2) is 70.3 Å². The molecule has 1 fully saturated rings. The van der Waals surface area contributed by atoms with Crippen LogP contribution in [0.3, 0.4) is 0 Å². The second-order valence-corrected chi connectivity index (χ2v) is 7.36. The van der Waals surface area contributed by atoms with Crippen LogP contribution in [-0.2, 0) is 16.0 Å². The van der Waals surface area contributed by atoms with Gasteiger partial charge in [0.2, 0.25) is 5.91 Å². The van der Waals surface area contributed by atoms with Crippen molar-refractivity contribution in [2.75, 3.05) is 47.4 Å². The van der Waals surface area contributed by atoms with E-state index in [-0.39, 0.29) is 42.5 Å². The minimum Gasteiger partial charge on any atom is -0.497 e. The number of ether oxygens (including phenoxy) is 2. The Labute approximate surface area is 195 Å². The Morgan fingerprint density at radius 3 is 2.76 bits per heavy atom. The van der Waals surface area contributed by atoms with Gasteiger partial charge in [0.25, 0.3) is 0 Å². The highest BCUT2D eigenvalue weighted by Gasteiger charge is 2.14. The van der Waals surface area contributed by atoms with E-state index in [1.54, 1.807) is 27.3 Å². The van der Waals surface area contributed by atoms with Gasteiger partial charge in [0.15, 0.2) is 5.96 Å². The molecule has 1 saturated heterocycles. The summed E-state index contributed by atoms with van der Waals surface area (Å²) in [6, 6.07) is 5.66. The average Bonchev–Trinajstić information content (AvgIpc) is 2.71. The minimum absolute atomic E-state index is 0. The first-order chi connectivity index (χ1) is 13.5. The summed E-state index contributed by atoms with van der Waals surface area (Å²) in [6.07, 6.45) is 4.25. The summed E-state index contributed by atoms with van der Waals surface area (Å²) >= 11 is 6.30. The molecule has 1 aliphatic rings. The number of carbonyl (C=O) groups is 1. The molecule has 0 aliphatic carbocycles. The van der Waals surface area contributed by atoms with E-state index in [4.69, 9.17) is 21.1 Å². The zero-order valence-electron chi connectivity index (χ0n) is 17.4. The molecule has 1 heterocycles. The van der Waals surface area contributed by atoms with Crippen molar-refractivity contribution in [2.24, 2.45) is 4.99 Å². The van der Waals surface area contributed by atoms with E-state index in [0.29, 0.717) is 24.1 Å². The van der Waals surface area contributed by atoms with Gasteiger partial charge in [-0.05, 0) is 43.4 Å². The number of rotatable bonds is 8. The van der Waals surface area contributed by atoms with Crippen molar-refractivity contribution in [2.45, 2.75) is 31.8 Å². The Kier molecular flexibility index (Phi) is 12.3. The Balaban J connectivity index is 0.00000420. The largest absolute Gasteiger partial charge is 0.497 e. The topological polar surface area (TPSA) is 75.2 Å². The first-order valence-electron chi connectivity index (χ1n) is 9.66. The average molecular weight is 539 g/mol. The van der Waals surface area contributed by atoms with Crippen LogP contribution in [0.1, 0.15) is 24.8 Å². The molecule has 1 aromatic rings. The lowest BCUT2D eigenvalue weighted by atomic mass is 10.1. The van der Waals surface area contributed by atoms with Crippen molar-refractivity contribution >= 4 is 47.4 Å². The van der Waals surface area contributed by atoms with Crippen molar-refractivity contribution in [3.8, 4) is 5.75 Å². The summed E-state index contributed by atoms with van der Waals surface area (Å²) in [4.78, 5) is 17.8. The fourth-order valence-electron chi connectivity index (χ4n) is 2.81. The molecule has 0 bridgehead atoms. The van der Waals surface area contributed by atoms with Crippen molar-refractivity contribution in [1.29, 1.82) is 0 Å². The number of halogens is 2. The van der Waals surface area contributed by atoms with E-state index in [1.165, 1.54) is 11.3 Å². The Hall–Kier alpha value is -1.26. The van der Waals surface area contributed by atoms with Gasteiger partial charge in [0.1, 0.15) is 12.3 Å². The molecule has 0 aromatic heterocycles. The number of likely N-dealkylation sites (N-methyl/N-ethyl adjacent to an activating group) is 1. The number of amides is 1. The van der Waals surface area contributed by atoms with E-state index >= 15 is 0 Å². The fourth-order valence-corrected chi connectivity index (χ4v) is 3.08. The Morgan fingerprint density at radius 1 is 1.34 bits per heavy atom. The highest BCUT2D eigenvalue weighted by molar-refractivity contribution is 14.0. The van der Waals surface area contributed by atoms with Crippen LogP contribution in [0.25, 0.3) is 0 Å². The van der Waals surface area contributed by atoms with Crippen LogP contribution in [0, 0.1) is 0 Å². The molecular formula is C20H32ClIN4O3. The second-order valence-electron chi connectivity index (χ2n) is 6.96. The van der Waals surface area contributed by atoms with Crippen LogP contribution >= 0.6 is 35.6 Å². The van der Waals surface area contributed by atoms with Gasteiger partial charge < -0.3 is 25.0 Å². The quantitative estimate of drug-likeness (QED) is 0.302. The summed E-state index contributed by atoms with van der Waals surface area (Å²) in [5.74, 6) is 1.29. The van der Waals surface area contributed by atoms with Gasteiger partial charge >= 0.3 is 0 Å². The summed E-state index contributed by atoms with van der Waals surface area (Å²) in [7, 11) is 5.06. The van der Waals surface area contributed by atoms with Crippen LogP contribution in [0.15, 0.2) is 23.2 Å². The second kappa shape index (κ2) is 13.9. The lowest BCUT2D eigenvalue weighted by molar-refractivity contribution is -0.127. The lowest BCUT2D eigenvalue weighted by Crippen LogP contribution is -2.43. The van der Waals surface area contributed by atoms with Gasteiger partial charge in [0, 0.05) is 38.8 Å². The number of methoxy groups -OCH3 is 1. The smallest absolute Gasteiger partial charge is 0.243 e. The molecule has 2 N–H and O–H groups in total. The molecule has 7 nitrogen and oxygen atoms in total. The van der Waals surface area contributed by atoms with Gasteiger partial charge in [-0.2, -0.15) is 0 Å². The SMILES string of the molecule is COc1ccc(CCNC(=NCC(=O)N(C)C)NCC2CCCCO2)c(Cl)c1.I. The van der Waals surface area contributed by atoms with Crippen molar-refractivity contribution < 1.29 is 14.3 Å². The number of carbonyl (C=O) groups excluding carboxylic acids is 1. The normalized spacial score (nSPS) is 16.6. The minimum atomic E-state index is -0.0479. The van der Waals surface area contributed by atoms with E-state index in [1.807, 2.05) is 12.1 Å². The number of nitrogens with zero attached hydrogens (tertiary/aromatic N) is 2. The van der Waals surface area contributed by atoms with E-state index in [9.17, 15) is 4.79 Å². The third-order valence-electron chi connectivity index (χ3n) is 4.59. The molecule has 1 atom stereocenters. The van der Waals surface area contributed by atoms with Crippen LogP contribution in [0.2, 0.25) is 5.02 Å². The zero-order valence-corrected chi connectivity index (χ0v) is 20.5. The van der Waals surface area contributed by atoms with Gasteiger partial charge in [0.05, 0.1) is 13.2 Å². The number of hydrogen-bond acceptors (Lipinski definition) is 4. The molecule has 1 unspecified atom stereocenters. The van der Waals surface area contributed by atoms with Gasteiger partial charge in [-0.3, -0.25) is 4.79 Å². The van der Waals surface area contributed by atoms with E-state index in [2.05, 4.69) is 15.6 Å². The number of benzene rings is 1. The van der Waals surface area contributed by atoms with Gasteiger partial charge in [-0.1, -0.05) is 17.7 Å². The molecule has 29 heavy (non-hydrogen) atoms. The molecule has 0 spiro atoms. The maximum absolute atomic E-state index is 11.9. The lowest BCUT2D eigenvalue weighted by Gasteiger charge is -2.24.